The number of aromatic nitrogens is 2. The second-order valence-electron chi connectivity index (χ2n) is 6.44. The lowest BCUT2D eigenvalue weighted by Crippen LogP contribution is -2.37. The first-order valence-corrected chi connectivity index (χ1v) is 7.42. The molecular formula is C16H19N3O. The molecule has 1 unspecified atom stereocenters. The van der Waals surface area contributed by atoms with Crippen molar-refractivity contribution in [1.82, 2.24) is 14.9 Å². The van der Waals surface area contributed by atoms with Crippen molar-refractivity contribution in [2.24, 2.45) is 5.41 Å². The van der Waals surface area contributed by atoms with E-state index in [1.165, 1.54) is 19.3 Å². The van der Waals surface area contributed by atoms with Crippen LogP contribution in [0.3, 0.4) is 0 Å². The van der Waals surface area contributed by atoms with Crippen LogP contribution < -0.4 is 0 Å². The van der Waals surface area contributed by atoms with Gasteiger partial charge in [0.05, 0.1) is 17.4 Å². The van der Waals surface area contributed by atoms with Gasteiger partial charge in [0.1, 0.15) is 5.52 Å². The third kappa shape index (κ3) is 1.60. The Morgan fingerprint density at radius 1 is 1.45 bits per heavy atom. The Morgan fingerprint density at radius 3 is 3.00 bits per heavy atom. The molecule has 1 spiro atoms. The van der Waals surface area contributed by atoms with E-state index in [2.05, 4.69) is 21.8 Å². The van der Waals surface area contributed by atoms with Gasteiger partial charge in [-0.05, 0) is 43.7 Å². The van der Waals surface area contributed by atoms with Gasteiger partial charge < -0.3 is 9.88 Å². The first kappa shape index (κ1) is 11.9. The van der Waals surface area contributed by atoms with E-state index in [-0.39, 0.29) is 5.91 Å². The standard InChI is InChI=1S/C16H19N3O/c1-11-8-16(6-3-7-16)9-19(11)15(20)12-4-2-5-13-14(12)18-10-17-13/h2,4-5,10-11H,3,6-9H2,1H3,(H,17,18). The van der Waals surface area contributed by atoms with Crippen LogP contribution in [-0.2, 0) is 0 Å². The quantitative estimate of drug-likeness (QED) is 0.865. The number of H-pyrrole nitrogens is 1. The Labute approximate surface area is 118 Å². The molecule has 2 heterocycles. The van der Waals surface area contributed by atoms with E-state index < -0.39 is 0 Å². The number of likely N-dealkylation sites (tertiary alicyclic amines) is 1. The Balaban J connectivity index is 1.69. The minimum Gasteiger partial charge on any atom is -0.345 e. The van der Waals surface area contributed by atoms with Crippen LogP contribution in [0.2, 0.25) is 0 Å². The molecule has 1 N–H and O–H groups in total. The predicted octanol–water partition coefficient (Wildman–Crippen LogP) is 2.97. The molecule has 20 heavy (non-hydrogen) atoms. The summed E-state index contributed by atoms with van der Waals surface area (Å²) in [7, 11) is 0. The largest absolute Gasteiger partial charge is 0.345 e. The Kier molecular flexibility index (Phi) is 2.43. The van der Waals surface area contributed by atoms with Gasteiger partial charge in [0.15, 0.2) is 0 Å². The summed E-state index contributed by atoms with van der Waals surface area (Å²) in [5.41, 5.74) is 2.88. The fraction of sp³-hybridized carbons (Fsp3) is 0.500. The first-order valence-electron chi connectivity index (χ1n) is 7.42. The molecule has 4 nitrogen and oxygen atoms in total. The molecule has 1 atom stereocenters. The van der Waals surface area contributed by atoms with Gasteiger partial charge in [-0.25, -0.2) is 4.98 Å². The van der Waals surface area contributed by atoms with Crippen molar-refractivity contribution in [3.05, 3.63) is 30.1 Å². The summed E-state index contributed by atoms with van der Waals surface area (Å²) in [6, 6.07) is 6.12. The SMILES string of the molecule is CC1CC2(CCC2)CN1C(=O)c1cccc2[nH]cnc12. The van der Waals surface area contributed by atoms with Crippen LogP contribution >= 0.6 is 0 Å². The lowest BCUT2D eigenvalue weighted by Gasteiger charge is -2.37. The summed E-state index contributed by atoms with van der Waals surface area (Å²) in [6.07, 6.45) is 6.71. The summed E-state index contributed by atoms with van der Waals surface area (Å²) < 4.78 is 0. The van der Waals surface area contributed by atoms with Crippen molar-refractivity contribution in [2.45, 2.75) is 38.6 Å². The number of hydrogen-bond donors (Lipinski definition) is 1. The number of amides is 1. The van der Waals surface area contributed by atoms with Gasteiger partial charge in [-0.15, -0.1) is 0 Å². The first-order chi connectivity index (χ1) is 9.69. The highest BCUT2D eigenvalue weighted by Gasteiger charge is 2.47. The normalized spacial score (nSPS) is 24.2. The van der Waals surface area contributed by atoms with Gasteiger partial charge in [-0.3, -0.25) is 4.79 Å². The number of carbonyl (C=O) groups is 1. The molecule has 4 rings (SSSR count). The number of rotatable bonds is 1. The zero-order valence-electron chi connectivity index (χ0n) is 11.7. The Morgan fingerprint density at radius 2 is 2.30 bits per heavy atom. The fourth-order valence-electron chi connectivity index (χ4n) is 3.92. The number of benzene rings is 1. The van der Waals surface area contributed by atoms with E-state index in [0.29, 0.717) is 11.5 Å². The molecule has 0 bridgehead atoms. The summed E-state index contributed by atoms with van der Waals surface area (Å²) >= 11 is 0. The molecule has 4 heteroatoms. The summed E-state index contributed by atoms with van der Waals surface area (Å²) in [4.78, 5) is 22.3. The lowest BCUT2D eigenvalue weighted by molar-refractivity contribution is 0.0702. The number of hydrogen-bond acceptors (Lipinski definition) is 2. The van der Waals surface area contributed by atoms with Gasteiger partial charge in [-0.1, -0.05) is 12.5 Å². The summed E-state index contributed by atoms with van der Waals surface area (Å²) in [6.45, 7) is 3.10. The Hall–Kier alpha value is -1.84. The summed E-state index contributed by atoms with van der Waals surface area (Å²) in [5.74, 6) is 0.138. The van der Waals surface area contributed by atoms with Crippen LogP contribution in [0.1, 0.15) is 43.0 Å². The molecule has 104 valence electrons. The van der Waals surface area contributed by atoms with E-state index in [4.69, 9.17) is 0 Å². The lowest BCUT2D eigenvalue weighted by atomic mass is 9.68. The van der Waals surface area contributed by atoms with E-state index in [1.54, 1.807) is 6.33 Å². The minimum atomic E-state index is 0.138. The van der Waals surface area contributed by atoms with Crippen LogP contribution in [0, 0.1) is 5.41 Å². The Bertz CT molecular complexity index is 671. The molecule has 1 aliphatic carbocycles. The van der Waals surface area contributed by atoms with Gasteiger partial charge in [0, 0.05) is 12.6 Å². The van der Waals surface area contributed by atoms with Crippen molar-refractivity contribution < 1.29 is 4.79 Å². The molecule has 1 aromatic heterocycles. The second-order valence-corrected chi connectivity index (χ2v) is 6.44. The topological polar surface area (TPSA) is 49.0 Å². The third-order valence-corrected chi connectivity index (χ3v) is 5.12. The van der Waals surface area contributed by atoms with E-state index in [0.717, 1.165) is 29.6 Å². The fourth-order valence-corrected chi connectivity index (χ4v) is 3.92. The molecule has 1 saturated heterocycles. The number of imidazole rings is 1. The zero-order valence-corrected chi connectivity index (χ0v) is 11.7. The van der Waals surface area contributed by atoms with Crippen molar-refractivity contribution in [3.8, 4) is 0 Å². The molecule has 0 radical (unpaired) electrons. The molecule has 1 aliphatic heterocycles. The number of fused-ring (bicyclic) bond motifs is 1. The van der Waals surface area contributed by atoms with Crippen LogP contribution in [-0.4, -0.2) is 33.4 Å². The van der Waals surface area contributed by atoms with E-state index in [9.17, 15) is 4.79 Å². The maximum atomic E-state index is 12.9. The number of aromatic amines is 1. The van der Waals surface area contributed by atoms with Crippen LogP contribution in [0.4, 0.5) is 0 Å². The molecule has 1 saturated carbocycles. The molecule has 1 amide bonds. The van der Waals surface area contributed by atoms with Crippen molar-refractivity contribution in [3.63, 3.8) is 0 Å². The third-order valence-electron chi connectivity index (χ3n) is 5.12. The van der Waals surface area contributed by atoms with Crippen molar-refractivity contribution in [1.29, 1.82) is 0 Å². The van der Waals surface area contributed by atoms with Crippen LogP contribution in [0.25, 0.3) is 11.0 Å². The van der Waals surface area contributed by atoms with Crippen LogP contribution in [0.5, 0.6) is 0 Å². The van der Waals surface area contributed by atoms with Gasteiger partial charge in [0.25, 0.3) is 5.91 Å². The van der Waals surface area contributed by atoms with Crippen LogP contribution in [0.15, 0.2) is 24.5 Å². The predicted molar refractivity (Wildman–Crippen MR) is 77.5 cm³/mol. The molecule has 1 aromatic carbocycles. The average Bonchev–Trinajstić information content (AvgIpc) is 3.00. The van der Waals surface area contributed by atoms with Gasteiger partial charge >= 0.3 is 0 Å². The summed E-state index contributed by atoms with van der Waals surface area (Å²) in [5, 5.41) is 0. The second kappa shape index (κ2) is 4.08. The minimum absolute atomic E-state index is 0.138. The highest BCUT2D eigenvalue weighted by atomic mass is 16.2. The van der Waals surface area contributed by atoms with Gasteiger partial charge in [0.2, 0.25) is 0 Å². The van der Waals surface area contributed by atoms with E-state index in [1.807, 2.05) is 18.2 Å². The van der Waals surface area contributed by atoms with E-state index >= 15 is 0 Å². The molecule has 2 aromatic rings. The molecule has 2 fully saturated rings. The number of nitrogens with zero attached hydrogens (tertiary/aromatic N) is 2. The van der Waals surface area contributed by atoms with Crippen molar-refractivity contribution >= 4 is 16.9 Å². The zero-order chi connectivity index (χ0) is 13.7. The number of nitrogens with one attached hydrogen (secondary N) is 1. The smallest absolute Gasteiger partial charge is 0.256 e. The highest BCUT2D eigenvalue weighted by Crippen LogP contribution is 2.50. The maximum Gasteiger partial charge on any atom is 0.256 e. The highest BCUT2D eigenvalue weighted by molar-refractivity contribution is 6.05. The monoisotopic (exact) mass is 269 g/mol. The van der Waals surface area contributed by atoms with Crippen molar-refractivity contribution in [2.75, 3.05) is 6.54 Å². The molecule has 2 aliphatic rings. The maximum absolute atomic E-state index is 12.9. The molecular weight excluding hydrogens is 250 g/mol. The number of carbonyl (C=O) groups excluding carboxylic acids is 1. The van der Waals surface area contributed by atoms with Gasteiger partial charge in [-0.2, -0.15) is 0 Å². The average molecular weight is 269 g/mol. The number of para-hydroxylation sites is 1.